The predicted molar refractivity (Wildman–Crippen MR) is 75.4 cm³/mol. The number of hydrogen-bond acceptors (Lipinski definition) is 3. The molecule has 0 heterocycles. The van der Waals surface area contributed by atoms with Crippen molar-refractivity contribution in [3.8, 4) is 0 Å². The molecule has 0 unspecified atom stereocenters. The van der Waals surface area contributed by atoms with Crippen LogP contribution >= 0.6 is 0 Å². The fraction of sp³-hybridized carbons (Fsp3) is 0.133. The van der Waals surface area contributed by atoms with Gasteiger partial charge in [0.05, 0.1) is 11.0 Å². The summed E-state index contributed by atoms with van der Waals surface area (Å²) in [5.74, 6) is -1.46. The van der Waals surface area contributed by atoms with Crippen molar-refractivity contribution in [3.05, 3.63) is 75.6 Å². The van der Waals surface area contributed by atoms with Crippen LogP contribution in [0.25, 0.3) is 0 Å². The van der Waals surface area contributed by atoms with Crippen LogP contribution in [-0.4, -0.2) is 10.8 Å². The molecule has 21 heavy (non-hydrogen) atoms. The van der Waals surface area contributed by atoms with Gasteiger partial charge in [0.25, 0.3) is 5.91 Å². The maximum Gasteiger partial charge on any atom is 0.305 e. The number of halogens is 1. The van der Waals surface area contributed by atoms with E-state index >= 15 is 0 Å². The van der Waals surface area contributed by atoms with E-state index in [1.54, 1.807) is 6.92 Å². The second-order valence-corrected chi connectivity index (χ2v) is 4.53. The number of benzene rings is 2. The predicted octanol–water partition coefficient (Wildman–Crippen LogP) is 3.22. The summed E-state index contributed by atoms with van der Waals surface area (Å²) in [6.45, 7) is 1.80. The SMILES string of the molecule is C[C@H](NC(=O)c1ccc(F)c([N+](=O)[O-])c1)c1ccccc1. The van der Waals surface area contributed by atoms with E-state index in [2.05, 4.69) is 5.32 Å². The van der Waals surface area contributed by atoms with E-state index in [4.69, 9.17) is 0 Å². The van der Waals surface area contributed by atoms with E-state index in [0.29, 0.717) is 0 Å². The fourth-order valence-electron chi connectivity index (χ4n) is 1.90. The van der Waals surface area contributed by atoms with Gasteiger partial charge in [-0.2, -0.15) is 4.39 Å². The fourth-order valence-corrected chi connectivity index (χ4v) is 1.90. The number of nitro benzene ring substituents is 1. The third kappa shape index (κ3) is 3.42. The van der Waals surface area contributed by atoms with Crippen LogP contribution in [0.15, 0.2) is 48.5 Å². The van der Waals surface area contributed by atoms with Crippen LogP contribution in [0.4, 0.5) is 10.1 Å². The Bertz CT molecular complexity index is 674. The minimum atomic E-state index is -0.965. The summed E-state index contributed by atoms with van der Waals surface area (Å²) in [6, 6.07) is 12.1. The molecule has 6 heteroatoms. The van der Waals surface area contributed by atoms with E-state index < -0.39 is 22.3 Å². The molecule has 0 bridgehead atoms. The van der Waals surface area contributed by atoms with Crippen LogP contribution < -0.4 is 5.32 Å². The van der Waals surface area contributed by atoms with E-state index in [-0.39, 0.29) is 11.6 Å². The summed E-state index contributed by atoms with van der Waals surface area (Å²) >= 11 is 0. The molecule has 0 spiro atoms. The Balaban J connectivity index is 2.17. The van der Waals surface area contributed by atoms with E-state index in [9.17, 15) is 19.3 Å². The Labute approximate surface area is 120 Å². The zero-order valence-corrected chi connectivity index (χ0v) is 11.2. The number of carbonyl (C=O) groups excluding carboxylic acids is 1. The van der Waals surface area contributed by atoms with Crippen molar-refractivity contribution in [2.24, 2.45) is 0 Å². The van der Waals surface area contributed by atoms with Gasteiger partial charge in [-0.25, -0.2) is 0 Å². The third-order valence-electron chi connectivity index (χ3n) is 3.05. The summed E-state index contributed by atoms with van der Waals surface area (Å²) in [5.41, 5.74) is 0.239. The van der Waals surface area contributed by atoms with Crippen LogP contribution in [0.5, 0.6) is 0 Å². The van der Waals surface area contributed by atoms with Crippen LogP contribution in [-0.2, 0) is 0 Å². The molecule has 0 aromatic heterocycles. The highest BCUT2D eigenvalue weighted by molar-refractivity contribution is 5.95. The molecule has 5 nitrogen and oxygen atoms in total. The van der Waals surface area contributed by atoms with E-state index in [0.717, 1.165) is 17.7 Å². The minimum absolute atomic E-state index is 0.0471. The number of nitro groups is 1. The van der Waals surface area contributed by atoms with Crippen molar-refractivity contribution < 1.29 is 14.1 Å². The molecule has 0 saturated carbocycles. The molecule has 108 valence electrons. The highest BCUT2D eigenvalue weighted by atomic mass is 19.1. The number of hydrogen-bond donors (Lipinski definition) is 1. The van der Waals surface area contributed by atoms with Crippen LogP contribution in [0.3, 0.4) is 0 Å². The van der Waals surface area contributed by atoms with Gasteiger partial charge in [0.15, 0.2) is 0 Å². The lowest BCUT2D eigenvalue weighted by Crippen LogP contribution is -2.26. The molecule has 2 aromatic rings. The zero-order chi connectivity index (χ0) is 15.4. The van der Waals surface area contributed by atoms with Crippen molar-refractivity contribution in [1.82, 2.24) is 5.32 Å². The lowest BCUT2D eigenvalue weighted by atomic mass is 10.1. The largest absolute Gasteiger partial charge is 0.346 e. The quantitative estimate of drug-likeness (QED) is 0.693. The van der Waals surface area contributed by atoms with Crippen LogP contribution in [0, 0.1) is 15.9 Å². The molecule has 0 aliphatic carbocycles. The van der Waals surface area contributed by atoms with Crippen LogP contribution in [0.1, 0.15) is 28.9 Å². The molecule has 0 radical (unpaired) electrons. The van der Waals surface area contributed by atoms with E-state index in [1.807, 2.05) is 30.3 Å². The van der Waals surface area contributed by atoms with Gasteiger partial charge in [0.2, 0.25) is 5.82 Å². The number of rotatable bonds is 4. The highest BCUT2D eigenvalue weighted by Gasteiger charge is 2.18. The molecule has 2 rings (SSSR count). The van der Waals surface area contributed by atoms with E-state index in [1.165, 1.54) is 6.07 Å². The molecule has 0 fully saturated rings. The maximum atomic E-state index is 13.2. The van der Waals surface area contributed by atoms with Gasteiger partial charge in [-0.1, -0.05) is 30.3 Å². The van der Waals surface area contributed by atoms with Crippen LogP contribution in [0.2, 0.25) is 0 Å². The summed E-state index contributed by atoms with van der Waals surface area (Å²) in [4.78, 5) is 21.9. The van der Waals surface area contributed by atoms with Gasteiger partial charge >= 0.3 is 5.69 Å². The smallest absolute Gasteiger partial charge is 0.305 e. The van der Waals surface area contributed by atoms with Gasteiger partial charge in [-0.15, -0.1) is 0 Å². The first-order chi connectivity index (χ1) is 9.99. The van der Waals surface area contributed by atoms with Gasteiger partial charge in [-0.05, 0) is 24.6 Å². The normalized spacial score (nSPS) is 11.7. The van der Waals surface area contributed by atoms with Gasteiger partial charge in [-0.3, -0.25) is 14.9 Å². The topological polar surface area (TPSA) is 72.2 Å². The molecule has 1 N–H and O–H groups in total. The molecule has 0 saturated heterocycles. The Kier molecular flexibility index (Phi) is 4.27. The Morgan fingerprint density at radius 3 is 2.52 bits per heavy atom. The van der Waals surface area contributed by atoms with Gasteiger partial charge in [0, 0.05) is 11.6 Å². The summed E-state index contributed by atoms with van der Waals surface area (Å²) < 4.78 is 13.2. The summed E-state index contributed by atoms with van der Waals surface area (Å²) in [7, 11) is 0. The third-order valence-corrected chi connectivity index (χ3v) is 3.05. The van der Waals surface area contributed by atoms with Crippen molar-refractivity contribution in [2.75, 3.05) is 0 Å². The molecule has 0 aliphatic rings. The van der Waals surface area contributed by atoms with Crippen molar-refractivity contribution in [1.29, 1.82) is 0 Å². The first kappa shape index (κ1) is 14.6. The maximum absolute atomic E-state index is 13.2. The van der Waals surface area contributed by atoms with Crippen molar-refractivity contribution in [2.45, 2.75) is 13.0 Å². The Morgan fingerprint density at radius 2 is 1.90 bits per heavy atom. The molecule has 2 aromatic carbocycles. The zero-order valence-electron chi connectivity index (χ0n) is 11.2. The second kappa shape index (κ2) is 6.13. The number of amides is 1. The van der Waals surface area contributed by atoms with Crippen molar-refractivity contribution >= 4 is 11.6 Å². The first-order valence-electron chi connectivity index (χ1n) is 6.29. The molecular weight excluding hydrogens is 275 g/mol. The Hall–Kier alpha value is -2.76. The monoisotopic (exact) mass is 288 g/mol. The number of carbonyl (C=O) groups is 1. The average Bonchev–Trinajstić information content (AvgIpc) is 2.48. The molecule has 1 atom stereocenters. The standard InChI is InChI=1S/C15H13FN2O3/c1-10(11-5-3-2-4-6-11)17-15(19)12-7-8-13(16)14(9-12)18(20)21/h2-10H,1H3,(H,17,19)/t10-/m0/s1. The number of nitrogens with one attached hydrogen (secondary N) is 1. The lowest BCUT2D eigenvalue weighted by Gasteiger charge is -2.14. The molecule has 1 amide bonds. The summed E-state index contributed by atoms with van der Waals surface area (Å²) in [6.07, 6.45) is 0. The lowest BCUT2D eigenvalue weighted by molar-refractivity contribution is -0.387. The Morgan fingerprint density at radius 1 is 1.24 bits per heavy atom. The van der Waals surface area contributed by atoms with Crippen molar-refractivity contribution in [3.63, 3.8) is 0 Å². The van der Waals surface area contributed by atoms with Gasteiger partial charge in [0.1, 0.15) is 0 Å². The average molecular weight is 288 g/mol. The summed E-state index contributed by atoms with van der Waals surface area (Å²) in [5, 5.41) is 13.4. The first-order valence-corrected chi connectivity index (χ1v) is 6.29. The second-order valence-electron chi connectivity index (χ2n) is 4.53. The highest BCUT2D eigenvalue weighted by Crippen LogP contribution is 2.19. The molecule has 0 aliphatic heterocycles. The number of nitrogens with zero attached hydrogens (tertiary/aromatic N) is 1. The minimum Gasteiger partial charge on any atom is -0.346 e. The van der Waals surface area contributed by atoms with Gasteiger partial charge < -0.3 is 5.32 Å². The molecular formula is C15H13FN2O3.